The normalized spacial score (nSPS) is 10.4. The van der Waals surface area contributed by atoms with Crippen LogP contribution in [0.1, 0.15) is 31.3 Å². The number of benzene rings is 1. The zero-order valence-electron chi connectivity index (χ0n) is 12.5. The van der Waals surface area contributed by atoms with Gasteiger partial charge in [0.2, 0.25) is 5.91 Å². The first-order valence-corrected chi connectivity index (χ1v) is 7.25. The second kappa shape index (κ2) is 7.53. The van der Waals surface area contributed by atoms with Crippen LogP contribution in [0.15, 0.2) is 40.8 Å². The average molecular weight is 287 g/mol. The molecule has 112 valence electrons. The highest BCUT2D eigenvalue weighted by Crippen LogP contribution is 2.16. The van der Waals surface area contributed by atoms with E-state index in [4.69, 9.17) is 9.15 Å². The molecule has 0 saturated carbocycles. The van der Waals surface area contributed by atoms with Crippen molar-refractivity contribution in [2.45, 2.75) is 33.1 Å². The molecule has 0 aliphatic rings. The van der Waals surface area contributed by atoms with Gasteiger partial charge in [-0.15, -0.1) is 0 Å². The Morgan fingerprint density at radius 2 is 1.95 bits per heavy atom. The first-order chi connectivity index (χ1) is 10.2. The van der Waals surface area contributed by atoms with E-state index in [1.165, 1.54) is 0 Å². The van der Waals surface area contributed by atoms with Crippen molar-refractivity contribution in [3.63, 3.8) is 0 Å². The van der Waals surface area contributed by atoms with Gasteiger partial charge in [0.1, 0.15) is 17.3 Å². The van der Waals surface area contributed by atoms with Gasteiger partial charge in [0.05, 0.1) is 6.61 Å². The Kier molecular flexibility index (Phi) is 5.43. The Morgan fingerprint density at radius 3 is 2.57 bits per heavy atom. The molecule has 1 heterocycles. The molecular formula is C17H21NO3. The van der Waals surface area contributed by atoms with E-state index >= 15 is 0 Å². The summed E-state index contributed by atoms with van der Waals surface area (Å²) >= 11 is 0. The SMILES string of the molecule is CCCOc1ccc(NC(=O)CCc2ccc(C)o2)cc1. The molecule has 0 bridgehead atoms. The predicted molar refractivity (Wildman–Crippen MR) is 82.6 cm³/mol. The maximum absolute atomic E-state index is 11.9. The monoisotopic (exact) mass is 287 g/mol. The summed E-state index contributed by atoms with van der Waals surface area (Å²) in [5.74, 6) is 2.51. The quantitative estimate of drug-likeness (QED) is 0.839. The van der Waals surface area contributed by atoms with Crippen LogP contribution in [-0.4, -0.2) is 12.5 Å². The van der Waals surface area contributed by atoms with Crippen molar-refractivity contribution in [1.29, 1.82) is 0 Å². The second-order valence-corrected chi connectivity index (χ2v) is 4.93. The molecule has 4 nitrogen and oxygen atoms in total. The molecule has 1 N–H and O–H groups in total. The van der Waals surface area contributed by atoms with Crippen molar-refractivity contribution in [3.05, 3.63) is 47.9 Å². The van der Waals surface area contributed by atoms with E-state index in [0.717, 1.165) is 29.4 Å². The third-order valence-electron chi connectivity index (χ3n) is 3.01. The van der Waals surface area contributed by atoms with Gasteiger partial charge in [0.25, 0.3) is 0 Å². The molecule has 0 saturated heterocycles. The lowest BCUT2D eigenvalue weighted by molar-refractivity contribution is -0.116. The molecule has 0 fully saturated rings. The topological polar surface area (TPSA) is 51.5 Å². The van der Waals surface area contributed by atoms with Crippen LogP contribution in [-0.2, 0) is 11.2 Å². The Hall–Kier alpha value is -2.23. The molecule has 0 aliphatic carbocycles. The smallest absolute Gasteiger partial charge is 0.224 e. The average Bonchev–Trinajstić information content (AvgIpc) is 2.90. The standard InChI is InChI=1S/C17H21NO3/c1-3-12-20-15-8-5-14(6-9-15)18-17(19)11-10-16-7-4-13(2)21-16/h4-9H,3,10-12H2,1-2H3,(H,18,19). The molecule has 1 aromatic carbocycles. The molecule has 4 heteroatoms. The molecule has 1 aromatic heterocycles. The van der Waals surface area contributed by atoms with E-state index in [1.54, 1.807) is 0 Å². The third-order valence-corrected chi connectivity index (χ3v) is 3.01. The van der Waals surface area contributed by atoms with Crippen LogP contribution in [0.4, 0.5) is 5.69 Å². The molecule has 0 radical (unpaired) electrons. The van der Waals surface area contributed by atoms with Gasteiger partial charge in [0.15, 0.2) is 0 Å². The second-order valence-electron chi connectivity index (χ2n) is 4.93. The zero-order chi connectivity index (χ0) is 15.1. The van der Waals surface area contributed by atoms with Crippen molar-refractivity contribution in [2.24, 2.45) is 0 Å². The van der Waals surface area contributed by atoms with Crippen LogP contribution in [0.5, 0.6) is 5.75 Å². The van der Waals surface area contributed by atoms with Crippen LogP contribution < -0.4 is 10.1 Å². The lowest BCUT2D eigenvalue weighted by Gasteiger charge is -2.07. The van der Waals surface area contributed by atoms with E-state index in [0.29, 0.717) is 19.4 Å². The minimum Gasteiger partial charge on any atom is -0.494 e. The summed E-state index contributed by atoms with van der Waals surface area (Å²) in [5, 5.41) is 2.87. The maximum Gasteiger partial charge on any atom is 0.224 e. The minimum absolute atomic E-state index is 0.0220. The number of furan rings is 1. The van der Waals surface area contributed by atoms with Crippen molar-refractivity contribution in [2.75, 3.05) is 11.9 Å². The van der Waals surface area contributed by atoms with Crippen LogP contribution in [0, 0.1) is 6.92 Å². The molecule has 0 aliphatic heterocycles. The van der Waals surface area contributed by atoms with Gasteiger partial charge in [-0.05, 0) is 49.7 Å². The van der Waals surface area contributed by atoms with Crippen LogP contribution in [0.2, 0.25) is 0 Å². The van der Waals surface area contributed by atoms with Crippen molar-refractivity contribution in [1.82, 2.24) is 0 Å². The van der Waals surface area contributed by atoms with E-state index in [1.807, 2.05) is 43.3 Å². The Balaban J connectivity index is 1.79. The number of aryl methyl sites for hydroxylation is 2. The van der Waals surface area contributed by atoms with E-state index < -0.39 is 0 Å². The minimum atomic E-state index is -0.0220. The Labute approximate surface area is 125 Å². The molecular weight excluding hydrogens is 266 g/mol. The van der Waals surface area contributed by atoms with E-state index in [9.17, 15) is 4.79 Å². The first-order valence-electron chi connectivity index (χ1n) is 7.25. The highest BCUT2D eigenvalue weighted by Gasteiger charge is 2.05. The predicted octanol–water partition coefficient (Wildman–Crippen LogP) is 3.95. The number of amides is 1. The molecule has 21 heavy (non-hydrogen) atoms. The highest BCUT2D eigenvalue weighted by molar-refractivity contribution is 5.90. The number of rotatable bonds is 7. The van der Waals surface area contributed by atoms with E-state index in [2.05, 4.69) is 12.2 Å². The fraction of sp³-hybridized carbons (Fsp3) is 0.353. The van der Waals surface area contributed by atoms with Crippen molar-refractivity contribution >= 4 is 11.6 Å². The number of hydrogen-bond donors (Lipinski definition) is 1. The summed E-state index contributed by atoms with van der Waals surface area (Å²) in [6, 6.07) is 11.2. The fourth-order valence-corrected chi connectivity index (χ4v) is 1.93. The number of anilines is 1. The molecule has 2 rings (SSSR count). The molecule has 2 aromatic rings. The Bertz CT molecular complexity index is 572. The van der Waals surface area contributed by atoms with Gasteiger partial charge in [-0.25, -0.2) is 0 Å². The van der Waals surface area contributed by atoms with Gasteiger partial charge in [-0.1, -0.05) is 6.92 Å². The number of hydrogen-bond acceptors (Lipinski definition) is 3. The van der Waals surface area contributed by atoms with Gasteiger partial charge >= 0.3 is 0 Å². The zero-order valence-corrected chi connectivity index (χ0v) is 12.5. The first kappa shape index (κ1) is 15.2. The lowest BCUT2D eigenvalue weighted by Crippen LogP contribution is -2.12. The molecule has 1 amide bonds. The van der Waals surface area contributed by atoms with Gasteiger partial charge in [-0.2, -0.15) is 0 Å². The molecule has 0 unspecified atom stereocenters. The van der Waals surface area contributed by atoms with Crippen LogP contribution >= 0.6 is 0 Å². The van der Waals surface area contributed by atoms with Gasteiger partial charge < -0.3 is 14.5 Å². The van der Waals surface area contributed by atoms with Crippen molar-refractivity contribution in [3.8, 4) is 5.75 Å². The molecule has 0 spiro atoms. The summed E-state index contributed by atoms with van der Waals surface area (Å²) in [6.07, 6.45) is 1.99. The molecule has 0 atom stereocenters. The van der Waals surface area contributed by atoms with Gasteiger partial charge in [-0.3, -0.25) is 4.79 Å². The fourth-order valence-electron chi connectivity index (χ4n) is 1.93. The number of carbonyl (C=O) groups excluding carboxylic acids is 1. The van der Waals surface area contributed by atoms with E-state index in [-0.39, 0.29) is 5.91 Å². The largest absolute Gasteiger partial charge is 0.494 e. The van der Waals surface area contributed by atoms with Crippen LogP contribution in [0.3, 0.4) is 0 Å². The number of nitrogens with one attached hydrogen (secondary N) is 1. The van der Waals surface area contributed by atoms with Crippen LogP contribution in [0.25, 0.3) is 0 Å². The number of carbonyl (C=O) groups is 1. The summed E-state index contributed by atoms with van der Waals surface area (Å²) in [7, 11) is 0. The summed E-state index contributed by atoms with van der Waals surface area (Å²) in [4.78, 5) is 11.9. The lowest BCUT2D eigenvalue weighted by atomic mass is 10.2. The summed E-state index contributed by atoms with van der Waals surface area (Å²) < 4.78 is 10.9. The van der Waals surface area contributed by atoms with Gasteiger partial charge in [0, 0.05) is 18.5 Å². The maximum atomic E-state index is 11.9. The summed E-state index contributed by atoms with van der Waals surface area (Å²) in [6.45, 7) is 4.66. The number of ether oxygens (including phenoxy) is 1. The van der Waals surface area contributed by atoms with Crippen molar-refractivity contribution < 1.29 is 13.9 Å². The third kappa shape index (κ3) is 4.99. The summed E-state index contributed by atoms with van der Waals surface area (Å²) in [5.41, 5.74) is 0.777. The highest BCUT2D eigenvalue weighted by atomic mass is 16.5. The Morgan fingerprint density at radius 1 is 1.19 bits per heavy atom.